The van der Waals surface area contributed by atoms with Crippen molar-refractivity contribution in [1.82, 2.24) is 4.98 Å². The van der Waals surface area contributed by atoms with Crippen molar-refractivity contribution in [2.75, 3.05) is 0 Å². The Labute approximate surface area is 332 Å². The summed E-state index contributed by atoms with van der Waals surface area (Å²) >= 11 is 1.94. The van der Waals surface area contributed by atoms with E-state index >= 15 is 0 Å². The summed E-state index contributed by atoms with van der Waals surface area (Å²) in [7, 11) is -1.25. The zero-order valence-corrected chi connectivity index (χ0v) is 37.4. The SMILES string of the molecule is CCC(CC)C(=O)/C=C(\O)C(CC)CC.Cc1c(C2CCCC[Si]2(C)C)ccc2c1sc1c(-c3[c-]c4ccccc4c(C(C)(C)C)c3)nccc12.[Ir]. The number of fused-ring (bicyclic) bond motifs is 4. The standard InChI is InChI=1S/C33H36NSSi.C13H24O2.Ir/c1-21-24(29-13-9-10-18-36(29,5)6)14-15-26-27-16-17-34-30(32(27)35-31(21)26)23-19-22-11-7-8-12-25(22)28(20-23)33(2,3)4;1-5-10(6-2)12(14)9-13(15)11(7-3)8-4;/h7-8,11-12,14-17,20,29H,9-10,13,18H2,1-6H3;9-11,14H,5-8H2,1-4H3;/q-1;;/b;12-9-;. The van der Waals surface area contributed by atoms with Crippen LogP contribution >= 0.6 is 11.3 Å². The van der Waals surface area contributed by atoms with E-state index in [1.54, 1.807) is 5.56 Å². The number of aliphatic hydroxyl groups excluding tert-OH is 1. The molecule has 1 aliphatic rings. The molecule has 1 N–H and O–H groups in total. The number of carbonyl (C=O) groups is 1. The number of aromatic nitrogens is 1. The maximum Gasteiger partial charge on any atom is 0.162 e. The van der Waals surface area contributed by atoms with Gasteiger partial charge in [-0.3, -0.25) is 9.78 Å². The van der Waals surface area contributed by atoms with Crippen molar-refractivity contribution in [2.24, 2.45) is 11.8 Å². The van der Waals surface area contributed by atoms with Crippen LogP contribution in [0, 0.1) is 24.8 Å². The predicted octanol–water partition coefficient (Wildman–Crippen LogP) is 14.1. The molecule has 52 heavy (non-hydrogen) atoms. The van der Waals surface area contributed by atoms with E-state index in [-0.39, 0.29) is 48.9 Å². The van der Waals surface area contributed by atoms with Crippen LogP contribution in [0.2, 0.25) is 19.1 Å². The smallest absolute Gasteiger partial charge is 0.162 e. The van der Waals surface area contributed by atoms with Crippen molar-refractivity contribution in [3.8, 4) is 11.3 Å². The molecule has 281 valence electrons. The van der Waals surface area contributed by atoms with Gasteiger partial charge in [-0.1, -0.05) is 122 Å². The van der Waals surface area contributed by atoms with Gasteiger partial charge < -0.3 is 5.11 Å². The maximum atomic E-state index is 11.7. The largest absolute Gasteiger partial charge is 0.512 e. The van der Waals surface area contributed by atoms with Gasteiger partial charge in [0.15, 0.2) is 5.78 Å². The average molecular weight is 911 g/mol. The number of benzene rings is 3. The van der Waals surface area contributed by atoms with Crippen LogP contribution in [-0.2, 0) is 30.3 Å². The summed E-state index contributed by atoms with van der Waals surface area (Å²) in [5.74, 6) is 0.547. The fourth-order valence-corrected chi connectivity index (χ4v) is 13.3. The van der Waals surface area contributed by atoms with Crippen molar-refractivity contribution in [2.45, 2.75) is 130 Å². The van der Waals surface area contributed by atoms with Crippen LogP contribution < -0.4 is 0 Å². The first-order valence-corrected chi connectivity index (χ1v) is 23.6. The molecule has 1 fully saturated rings. The number of hydrogen-bond acceptors (Lipinski definition) is 4. The fraction of sp³-hybridized carbons (Fsp3) is 0.478. The van der Waals surface area contributed by atoms with Gasteiger partial charge in [0.05, 0.1) is 13.8 Å². The number of aliphatic hydroxyl groups is 1. The summed E-state index contributed by atoms with van der Waals surface area (Å²) in [6.45, 7) is 22.6. The Kier molecular flexibility index (Phi) is 14.3. The zero-order valence-electron chi connectivity index (χ0n) is 33.2. The number of nitrogens with zero attached hydrogens (tertiary/aromatic N) is 1. The first-order chi connectivity index (χ1) is 24.2. The van der Waals surface area contributed by atoms with Crippen LogP contribution in [0.25, 0.3) is 42.2 Å². The zero-order chi connectivity index (χ0) is 37.1. The van der Waals surface area contributed by atoms with E-state index in [0.29, 0.717) is 0 Å². The van der Waals surface area contributed by atoms with Crippen molar-refractivity contribution in [3.63, 3.8) is 0 Å². The van der Waals surface area contributed by atoms with Crippen molar-refractivity contribution in [3.05, 3.63) is 89.3 Å². The number of ketones is 1. The number of thiophene rings is 1. The molecular formula is C46H60IrNO2SSi-. The van der Waals surface area contributed by atoms with E-state index in [4.69, 9.17) is 4.98 Å². The third kappa shape index (κ3) is 8.83. The summed E-state index contributed by atoms with van der Waals surface area (Å²) in [6.07, 6.45) is 11.1. The van der Waals surface area contributed by atoms with Crippen LogP contribution in [0.1, 0.15) is 116 Å². The second kappa shape index (κ2) is 17.7. The van der Waals surface area contributed by atoms with Crippen LogP contribution in [0.5, 0.6) is 0 Å². The first kappa shape index (κ1) is 42.1. The molecule has 3 aromatic carbocycles. The Morgan fingerprint density at radius 3 is 2.23 bits per heavy atom. The van der Waals surface area contributed by atoms with Crippen molar-refractivity contribution < 1.29 is 30.0 Å². The summed E-state index contributed by atoms with van der Waals surface area (Å²) in [5.41, 5.74) is 7.47. The van der Waals surface area contributed by atoms with Crippen molar-refractivity contribution in [1.29, 1.82) is 0 Å². The molecule has 3 heterocycles. The van der Waals surface area contributed by atoms with E-state index in [1.807, 2.05) is 45.2 Å². The van der Waals surface area contributed by atoms with E-state index in [9.17, 15) is 9.90 Å². The van der Waals surface area contributed by atoms with E-state index < -0.39 is 8.07 Å². The van der Waals surface area contributed by atoms with E-state index in [2.05, 4.69) is 95.4 Å². The van der Waals surface area contributed by atoms with Crippen LogP contribution in [0.3, 0.4) is 0 Å². The van der Waals surface area contributed by atoms with Crippen LogP contribution in [0.15, 0.2) is 66.6 Å². The van der Waals surface area contributed by atoms with Gasteiger partial charge in [-0.05, 0) is 72.6 Å². The molecule has 1 aliphatic heterocycles. The molecule has 1 unspecified atom stereocenters. The molecule has 6 rings (SSSR count). The maximum absolute atomic E-state index is 11.7. The van der Waals surface area contributed by atoms with Gasteiger partial charge in [0, 0.05) is 64.7 Å². The van der Waals surface area contributed by atoms with Gasteiger partial charge in [-0.2, -0.15) is 0 Å². The topological polar surface area (TPSA) is 50.2 Å². The number of carbonyl (C=O) groups excluding carboxylic acids is 1. The van der Waals surface area contributed by atoms with Gasteiger partial charge in [0.2, 0.25) is 0 Å². The van der Waals surface area contributed by atoms with Crippen LogP contribution in [-0.4, -0.2) is 23.9 Å². The molecule has 3 nitrogen and oxygen atoms in total. The molecule has 5 aromatic rings. The predicted molar refractivity (Wildman–Crippen MR) is 225 cm³/mol. The van der Waals surface area contributed by atoms with Gasteiger partial charge in [-0.25, -0.2) is 0 Å². The number of rotatable bonds is 9. The second-order valence-corrected chi connectivity index (χ2v) is 22.7. The Morgan fingerprint density at radius 1 is 0.942 bits per heavy atom. The third-order valence-electron chi connectivity index (χ3n) is 11.6. The van der Waals surface area contributed by atoms with Gasteiger partial charge in [0.1, 0.15) is 0 Å². The minimum Gasteiger partial charge on any atom is -0.512 e. The fourth-order valence-electron chi connectivity index (χ4n) is 8.31. The molecule has 1 atom stereocenters. The number of hydrogen-bond donors (Lipinski definition) is 1. The van der Waals surface area contributed by atoms with Crippen molar-refractivity contribution >= 4 is 56.1 Å². The van der Waals surface area contributed by atoms with Gasteiger partial charge in [0.25, 0.3) is 0 Å². The normalized spacial score (nSPS) is 16.3. The number of pyridine rings is 1. The molecule has 2 aromatic heterocycles. The Hall–Kier alpha value is -2.63. The number of aryl methyl sites for hydroxylation is 1. The Bertz CT molecular complexity index is 2030. The van der Waals surface area contributed by atoms with Gasteiger partial charge >= 0.3 is 0 Å². The van der Waals surface area contributed by atoms with E-state index in [0.717, 1.165) is 42.5 Å². The van der Waals surface area contributed by atoms with Crippen LogP contribution in [0.4, 0.5) is 0 Å². The first-order valence-electron chi connectivity index (χ1n) is 19.5. The Morgan fingerprint density at radius 2 is 1.60 bits per heavy atom. The molecule has 0 aliphatic carbocycles. The second-order valence-electron chi connectivity index (χ2n) is 16.5. The minimum absolute atomic E-state index is 0. The molecular weight excluding hydrogens is 851 g/mol. The minimum atomic E-state index is -1.25. The summed E-state index contributed by atoms with van der Waals surface area (Å²) in [6, 6.07) is 23.3. The third-order valence-corrected chi connectivity index (χ3v) is 17.1. The summed E-state index contributed by atoms with van der Waals surface area (Å²) in [4.78, 5) is 16.7. The summed E-state index contributed by atoms with van der Waals surface area (Å²) in [5, 5.41) is 14.9. The molecule has 6 heteroatoms. The van der Waals surface area contributed by atoms with Gasteiger partial charge in [-0.15, -0.1) is 40.5 Å². The number of allylic oxidation sites excluding steroid dienone is 2. The average Bonchev–Trinajstić information content (AvgIpc) is 3.49. The molecule has 0 spiro atoms. The Balaban J connectivity index is 0.000000323. The quantitative estimate of drug-likeness (QED) is 0.0694. The van der Waals surface area contributed by atoms with E-state index in [1.165, 1.54) is 73.5 Å². The molecule has 1 saturated heterocycles. The molecule has 0 bridgehead atoms. The molecule has 0 amide bonds. The molecule has 1 radical (unpaired) electrons. The monoisotopic (exact) mass is 911 g/mol. The molecule has 0 saturated carbocycles. The summed E-state index contributed by atoms with van der Waals surface area (Å²) < 4.78 is 2.74.